The lowest BCUT2D eigenvalue weighted by atomic mass is 10.5. The molecule has 0 aromatic rings. The van der Waals surface area contributed by atoms with Crippen molar-refractivity contribution in [1.82, 2.24) is 0 Å². The Morgan fingerprint density at radius 2 is 2.14 bits per heavy atom. The number of hydrogen-bond donors (Lipinski definition) is 1. The quantitative estimate of drug-likeness (QED) is 0.395. The number of hydrogen-bond acceptors (Lipinski definition) is 5. The number of alkyl halides is 2. The molecule has 1 N–H and O–H groups in total. The standard InChI is InChI=1S/C5H6F2O6S/c6-5(7,14(9,10)11)2-13-4(8)3-1-12-3/h3H,1-2H2,(H,9,10,11). The minimum absolute atomic E-state index is 0.0658. The summed E-state index contributed by atoms with van der Waals surface area (Å²) in [7, 11) is -5.55. The van der Waals surface area contributed by atoms with Gasteiger partial charge in [0.25, 0.3) is 0 Å². The highest BCUT2D eigenvalue weighted by Crippen LogP contribution is 2.21. The van der Waals surface area contributed by atoms with E-state index in [1.165, 1.54) is 0 Å². The van der Waals surface area contributed by atoms with Crippen molar-refractivity contribution < 1.29 is 36.0 Å². The first kappa shape index (κ1) is 11.3. The predicted octanol–water partition coefficient (Wildman–Crippen LogP) is -0.591. The molecule has 0 aliphatic carbocycles. The van der Waals surface area contributed by atoms with E-state index in [0.29, 0.717) is 0 Å². The van der Waals surface area contributed by atoms with Crippen LogP contribution in [0.5, 0.6) is 0 Å². The van der Waals surface area contributed by atoms with Crippen molar-refractivity contribution in [1.29, 1.82) is 0 Å². The van der Waals surface area contributed by atoms with Gasteiger partial charge in [-0.05, 0) is 0 Å². The first-order valence-electron chi connectivity index (χ1n) is 3.37. The summed E-state index contributed by atoms with van der Waals surface area (Å²) >= 11 is 0. The number of esters is 1. The second-order valence-corrected chi connectivity index (χ2v) is 4.09. The highest BCUT2D eigenvalue weighted by Gasteiger charge is 2.46. The molecule has 82 valence electrons. The molecular formula is C5H6F2O6S. The molecule has 1 unspecified atom stereocenters. The highest BCUT2D eigenvalue weighted by molar-refractivity contribution is 7.86. The molecule has 1 atom stereocenters. The zero-order valence-electron chi connectivity index (χ0n) is 6.64. The van der Waals surface area contributed by atoms with Crippen LogP contribution in [0.1, 0.15) is 0 Å². The largest absolute Gasteiger partial charge is 0.456 e. The van der Waals surface area contributed by atoms with E-state index in [9.17, 15) is 22.0 Å². The average molecular weight is 232 g/mol. The third-order valence-electron chi connectivity index (χ3n) is 1.36. The van der Waals surface area contributed by atoms with Crippen molar-refractivity contribution in [2.75, 3.05) is 13.2 Å². The molecule has 0 aromatic heterocycles. The topological polar surface area (TPSA) is 93.2 Å². The van der Waals surface area contributed by atoms with Crippen LogP contribution in [-0.2, 0) is 24.4 Å². The number of carbonyl (C=O) groups is 1. The van der Waals surface area contributed by atoms with E-state index in [1.54, 1.807) is 0 Å². The van der Waals surface area contributed by atoms with Gasteiger partial charge >= 0.3 is 21.3 Å². The monoisotopic (exact) mass is 232 g/mol. The van der Waals surface area contributed by atoms with Crippen LogP contribution in [0.4, 0.5) is 8.78 Å². The minimum Gasteiger partial charge on any atom is -0.456 e. The average Bonchev–Trinajstić information content (AvgIpc) is 2.80. The van der Waals surface area contributed by atoms with Gasteiger partial charge in [0.15, 0.2) is 12.7 Å². The zero-order valence-corrected chi connectivity index (χ0v) is 7.46. The van der Waals surface area contributed by atoms with Crippen LogP contribution in [0.15, 0.2) is 0 Å². The van der Waals surface area contributed by atoms with Gasteiger partial charge in [-0.2, -0.15) is 17.2 Å². The van der Waals surface area contributed by atoms with Gasteiger partial charge in [-0.15, -0.1) is 0 Å². The molecule has 1 fully saturated rings. The van der Waals surface area contributed by atoms with Crippen LogP contribution in [0.3, 0.4) is 0 Å². The van der Waals surface area contributed by atoms with Crippen LogP contribution in [0, 0.1) is 0 Å². The zero-order chi connectivity index (χ0) is 11.0. The minimum atomic E-state index is -5.55. The Morgan fingerprint density at radius 1 is 1.64 bits per heavy atom. The molecule has 0 bridgehead atoms. The molecule has 0 saturated carbocycles. The molecule has 0 amide bonds. The number of epoxide rings is 1. The fourth-order valence-corrected chi connectivity index (χ4v) is 0.715. The Kier molecular flexibility index (Phi) is 2.74. The fourth-order valence-electron chi connectivity index (χ4n) is 0.507. The molecule has 14 heavy (non-hydrogen) atoms. The van der Waals surface area contributed by atoms with Crippen LogP contribution in [0.25, 0.3) is 0 Å². The third-order valence-corrected chi connectivity index (χ3v) is 2.23. The van der Waals surface area contributed by atoms with Crippen molar-refractivity contribution in [3.63, 3.8) is 0 Å². The SMILES string of the molecule is O=C(OCC(F)(F)S(=O)(=O)O)C1CO1. The van der Waals surface area contributed by atoms with Crippen LogP contribution >= 0.6 is 0 Å². The summed E-state index contributed by atoms with van der Waals surface area (Å²) in [5.74, 6) is -1.08. The summed E-state index contributed by atoms with van der Waals surface area (Å²) in [4.78, 5) is 10.6. The molecule has 9 heteroatoms. The predicted molar refractivity (Wildman–Crippen MR) is 37.2 cm³/mol. The van der Waals surface area contributed by atoms with E-state index in [-0.39, 0.29) is 6.61 Å². The number of halogens is 2. The lowest BCUT2D eigenvalue weighted by Gasteiger charge is -2.12. The van der Waals surface area contributed by atoms with E-state index in [0.717, 1.165) is 0 Å². The molecule has 6 nitrogen and oxygen atoms in total. The summed E-state index contributed by atoms with van der Waals surface area (Å²) in [6.07, 6.45) is -0.896. The van der Waals surface area contributed by atoms with Gasteiger partial charge in [-0.3, -0.25) is 4.55 Å². The van der Waals surface area contributed by atoms with E-state index in [1.807, 2.05) is 0 Å². The Balaban J connectivity index is 2.47. The van der Waals surface area contributed by atoms with Crippen LogP contribution in [-0.4, -0.2) is 43.5 Å². The van der Waals surface area contributed by atoms with Gasteiger partial charge in [0.2, 0.25) is 0 Å². The number of ether oxygens (including phenoxy) is 2. The van der Waals surface area contributed by atoms with E-state index >= 15 is 0 Å². The van der Waals surface area contributed by atoms with Gasteiger partial charge in [-0.1, -0.05) is 0 Å². The number of rotatable bonds is 4. The highest BCUT2D eigenvalue weighted by atomic mass is 32.2. The van der Waals surface area contributed by atoms with E-state index in [4.69, 9.17) is 4.55 Å². The Hall–Kier alpha value is -0.800. The van der Waals surface area contributed by atoms with Crippen LogP contribution < -0.4 is 0 Å². The summed E-state index contributed by atoms with van der Waals surface area (Å²) < 4.78 is 61.2. The molecule has 0 radical (unpaired) electrons. The summed E-state index contributed by atoms with van der Waals surface area (Å²) in [5.41, 5.74) is 0. The summed E-state index contributed by atoms with van der Waals surface area (Å²) in [5, 5.41) is -4.49. The molecular weight excluding hydrogens is 226 g/mol. The van der Waals surface area contributed by atoms with Crippen LogP contribution in [0.2, 0.25) is 0 Å². The maximum atomic E-state index is 12.4. The molecule has 0 aromatic carbocycles. The maximum absolute atomic E-state index is 12.4. The Labute approximate surface area is 77.5 Å². The van der Waals surface area contributed by atoms with E-state index in [2.05, 4.69) is 9.47 Å². The number of carbonyl (C=O) groups excluding carboxylic acids is 1. The van der Waals surface area contributed by atoms with Crippen molar-refractivity contribution in [3.8, 4) is 0 Å². The molecule has 0 spiro atoms. The van der Waals surface area contributed by atoms with Gasteiger partial charge in [0.1, 0.15) is 0 Å². The normalized spacial score (nSPS) is 21.8. The maximum Gasteiger partial charge on any atom is 0.402 e. The smallest absolute Gasteiger partial charge is 0.402 e. The third kappa shape index (κ3) is 2.59. The molecule has 1 saturated heterocycles. The first-order chi connectivity index (χ1) is 6.24. The lowest BCUT2D eigenvalue weighted by Crippen LogP contribution is -2.35. The second-order valence-electron chi connectivity index (χ2n) is 2.54. The molecule has 1 rings (SSSR count). The molecule has 1 aliphatic rings. The summed E-state index contributed by atoms with van der Waals surface area (Å²) in [6, 6.07) is 0. The van der Waals surface area contributed by atoms with Gasteiger partial charge < -0.3 is 9.47 Å². The van der Waals surface area contributed by atoms with Gasteiger partial charge in [0, 0.05) is 0 Å². The van der Waals surface area contributed by atoms with Crippen molar-refractivity contribution in [2.45, 2.75) is 11.4 Å². The second kappa shape index (κ2) is 3.41. The Bertz CT molecular complexity index is 332. The van der Waals surface area contributed by atoms with Crippen molar-refractivity contribution >= 4 is 16.1 Å². The Morgan fingerprint density at radius 3 is 2.50 bits per heavy atom. The first-order valence-corrected chi connectivity index (χ1v) is 4.81. The molecule has 1 heterocycles. The lowest BCUT2D eigenvalue weighted by molar-refractivity contribution is -0.151. The summed E-state index contributed by atoms with van der Waals surface area (Å²) in [6.45, 7) is -1.65. The van der Waals surface area contributed by atoms with Crippen molar-refractivity contribution in [3.05, 3.63) is 0 Å². The van der Waals surface area contributed by atoms with Crippen molar-refractivity contribution in [2.24, 2.45) is 0 Å². The van der Waals surface area contributed by atoms with Gasteiger partial charge in [-0.25, -0.2) is 4.79 Å². The van der Waals surface area contributed by atoms with Gasteiger partial charge in [0.05, 0.1) is 6.61 Å². The molecule has 1 aliphatic heterocycles. The van der Waals surface area contributed by atoms with E-state index < -0.39 is 34.1 Å². The fraction of sp³-hybridized carbons (Fsp3) is 0.800.